The molecule has 0 aliphatic rings. The molecule has 0 amide bonds. The Hall–Kier alpha value is -1.40. The number of methoxy groups -OCH3 is 1. The SMILES string of the molecule is CCCC(COC)Nc1cc(F)c(Cl)cc1[N+](=O)[O-]. The van der Waals surface area contributed by atoms with Crippen molar-refractivity contribution >= 4 is 23.0 Å². The van der Waals surface area contributed by atoms with Crippen molar-refractivity contribution in [3.05, 3.63) is 33.1 Å². The number of halogens is 2. The van der Waals surface area contributed by atoms with Gasteiger partial charge in [0.05, 0.1) is 16.6 Å². The van der Waals surface area contributed by atoms with Crippen molar-refractivity contribution in [3.8, 4) is 0 Å². The summed E-state index contributed by atoms with van der Waals surface area (Å²) in [6, 6.07) is 1.93. The van der Waals surface area contributed by atoms with E-state index in [-0.39, 0.29) is 22.4 Å². The lowest BCUT2D eigenvalue weighted by Gasteiger charge is -2.18. The zero-order chi connectivity index (χ0) is 14.4. The number of ether oxygens (including phenoxy) is 1. The van der Waals surface area contributed by atoms with Gasteiger partial charge in [0.1, 0.15) is 11.5 Å². The summed E-state index contributed by atoms with van der Waals surface area (Å²) in [6.07, 6.45) is 1.64. The number of benzene rings is 1. The number of anilines is 1. The van der Waals surface area contributed by atoms with Crippen molar-refractivity contribution in [2.45, 2.75) is 25.8 Å². The van der Waals surface area contributed by atoms with Crippen LogP contribution in [0.2, 0.25) is 5.02 Å². The number of nitro benzene ring substituents is 1. The van der Waals surface area contributed by atoms with Gasteiger partial charge < -0.3 is 10.1 Å². The Morgan fingerprint density at radius 3 is 2.79 bits per heavy atom. The minimum Gasteiger partial charge on any atom is -0.383 e. The van der Waals surface area contributed by atoms with E-state index in [1.54, 1.807) is 7.11 Å². The van der Waals surface area contributed by atoms with Gasteiger partial charge in [0.2, 0.25) is 0 Å². The molecule has 1 rings (SSSR count). The normalized spacial score (nSPS) is 12.2. The maximum atomic E-state index is 13.4. The number of nitrogens with one attached hydrogen (secondary N) is 1. The summed E-state index contributed by atoms with van der Waals surface area (Å²) in [5, 5.41) is 13.6. The lowest BCUT2D eigenvalue weighted by Crippen LogP contribution is -2.25. The van der Waals surface area contributed by atoms with Crippen LogP contribution in [0, 0.1) is 15.9 Å². The van der Waals surface area contributed by atoms with Crippen LogP contribution in [-0.4, -0.2) is 24.7 Å². The third-order valence-corrected chi connectivity index (χ3v) is 2.89. The zero-order valence-electron chi connectivity index (χ0n) is 10.8. The van der Waals surface area contributed by atoms with Gasteiger partial charge in [-0.25, -0.2) is 4.39 Å². The molecule has 1 atom stereocenters. The summed E-state index contributed by atoms with van der Waals surface area (Å²) < 4.78 is 18.4. The first kappa shape index (κ1) is 15.7. The third kappa shape index (κ3) is 4.33. The molecular weight excluding hydrogens is 275 g/mol. The van der Waals surface area contributed by atoms with Crippen LogP contribution in [0.3, 0.4) is 0 Å². The second-order valence-electron chi connectivity index (χ2n) is 4.13. The van der Waals surface area contributed by atoms with Crippen LogP contribution >= 0.6 is 11.6 Å². The van der Waals surface area contributed by atoms with Gasteiger partial charge in [-0.3, -0.25) is 10.1 Å². The van der Waals surface area contributed by atoms with Crippen molar-refractivity contribution in [3.63, 3.8) is 0 Å². The zero-order valence-corrected chi connectivity index (χ0v) is 11.5. The molecule has 1 N–H and O–H groups in total. The average molecular weight is 291 g/mol. The van der Waals surface area contributed by atoms with Gasteiger partial charge in [-0.2, -0.15) is 0 Å². The fraction of sp³-hybridized carbons (Fsp3) is 0.500. The quantitative estimate of drug-likeness (QED) is 0.615. The van der Waals surface area contributed by atoms with Crippen molar-refractivity contribution in [2.24, 2.45) is 0 Å². The highest BCUT2D eigenvalue weighted by Gasteiger charge is 2.20. The highest BCUT2D eigenvalue weighted by molar-refractivity contribution is 6.31. The maximum absolute atomic E-state index is 13.4. The molecule has 0 bridgehead atoms. The molecule has 0 aliphatic carbocycles. The Labute approximate surface area is 115 Å². The predicted octanol–water partition coefficient (Wildman–Crippen LogP) is 3.61. The summed E-state index contributed by atoms with van der Waals surface area (Å²) in [6.45, 7) is 2.37. The molecule has 1 aromatic rings. The topological polar surface area (TPSA) is 64.4 Å². The molecule has 0 fully saturated rings. The van der Waals surface area contributed by atoms with E-state index in [4.69, 9.17) is 16.3 Å². The van der Waals surface area contributed by atoms with Gasteiger partial charge in [-0.1, -0.05) is 24.9 Å². The smallest absolute Gasteiger partial charge is 0.294 e. The summed E-state index contributed by atoms with van der Waals surface area (Å²) >= 11 is 5.56. The number of hydrogen-bond acceptors (Lipinski definition) is 4. The maximum Gasteiger partial charge on any atom is 0.294 e. The van der Waals surface area contributed by atoms with Crippen molar-refractivity contribution in [2.75, 3.05) is 19.0 Å². The summed E-state index contributed by atoms with van der Waals surface area (Å²) in [4.78, 5) is 10.3. The van der Waals surface area contributed by atoms with Gasteiger partial charge in [0, 0.05) is 25.3 Å². The third-order valence-electron chi connectivity index (χ3n) is 2.60. The van der Waals surface area contributed by atoms with Gasteiger partial charge >= 0.3 is 0 Å². The molecule has 0 saturated carbocycles. The Bertz CT molecular complexity index is 451. The van der Waals surface area contributed by atoms with E-state index in [1.165, 1.54) is 0 Å². The Morgan fingerprint density at radius 1 is 1.58 bits per heavy atom. The van der Waals surface area contributed by atoms with Gasteiger partial charge in [-0.15, -0.1) is 0 Å². The minimum absolute atomic E-state index is 0.113. The Kier molecular flexibility index (Phi) is 5.98. The lowest BCUT2D eigenvalue weighted by atomic mass is 10.1. The molecule has 0 saturated heterocycles. The van der Waals surface area contributed by atoms with Crippen molar-refractivity contribution in [1.29, 1.82) is 0 Å². The molecule has 7 heteroatoms. The highest BCUT2D eigenvalue weighted by Crippen LogP contribution is 2.31. The summed E-state index contributed by atoms with van der Waals surface area (Å²) in [5.74, 6) is -0.692. The fourth-order valence-corrected chi connectivity index (χ4v) is 1.93. The van der Waals surface area contributed by atoms with E-state index in [2.05, 4.69) is 5.32 Å². The fourth-order valence-electron chi connectivity index (χ4n) is 1.77. The molecule has 1 unspecified atom stereocenters. The molecule has 106 valence electrons. The van der Waals surface area contributed by atoms with Crippen LogP contribution in [0.4, 0.5) is 15.8 Å². The van der Waals surface area contributed by atoms with Gasteiger partial charge in [-0.05, 0) is 6.42 Å². The lowest BCUT2D eigenvalue weighted by molar-refractivity contribution is -0.384. The van der Waals surface area contributed by atoms with Crippen LogP contribution in [0.25, 0.3) is 0 Å². The van der Waals surface area contributed by atoms with Gasteiger partial charge in [0.25, 0.3) is 5.69 Å². The van der Waals surface area contributed by atoms with E-state index >= 15 is 0 Å². The molecule has 1 aromatic carbocycles. The molecule has 0 heterocycles. The standard InChI is InChI=1S/C12H16ClFN2O3/c1-3-4-8(7-19-2)15-11-6-10(14)9(13)5-12(11)16(17)18/h5-6,8,15H,3-4,7H2,1-2H3. The monoisotopic (exact) mass is 290 g/mol. The van der Waals surface area contributed by atoms with E-state index in [0.717, 1.165) is 25.0 Å². The van der Waals surface area contributed by atoms with Crippen molar-refractivity contribution in [1.82, 2.24) is 0 Å². The Balaban J connectivity index is 3.03. The number of rotatable bonds is 7. The van der Waals surface area contributed by atoms with Gasteiger partial charge in [0.15, 0.2) is 0 Å². The predicted molar refractivity (Wildman–Crippen MR) is 72.3 cm³/mol. The molecule has 5 nitrogen and oxygen atoms in total. The van der Waals surface area contributed by atoms with Crippen LogP contribution in [-0.2, 0) is 4.74 Å². The number of nitrogens with zero attached hydrogens (tertiary/aromatic N) is 1. The van der Waals surface area contributed by atoms with Crippen molar-refractivity contribution < 1.29 is 14.1 Å². The van der Waals surface area contributed by atoms with E-state index < -0.39 is 10.7 Å². The second kappa shape index (κ2) is 7.25. The molecule has 0 aliphatic heterocycles. The van der Waals surface area contributed by atoms with E-state index in [0.29, 0.717) is 6.61 Å². The average Bonchev–Trinajstić information content (AvgIpc) is 2.33. The van der Waals surface area contributed by atoms with E-state index in [1.807, 2.05) is 6.92 Å². The van der Waals surface area contributed by atoms with Crippen LogP contribution in [0.15, 0.2) is 12.1 Å². The number of hydrogen-bond donors (Lipinski definition) is 1. The summed E-state index contributed by atoms with van der Waals surface area (Å²) in [5.41, 5.74) is -0.133. The largest absolute Gasteiger partial charge is 0.383 e. The summed E-state index contributed by atoms with van der Waals surface area (Å²) in [7, 11) is 1.54. The molecule has 0 aromatic heterocycles. The van der Waals surface area contributed by atoms with Crippen LogP contribution in [0.1, 0.15) is 19.8 Å². The molecule has 19 heavy (non-hydrogen) atoms. The number of nitro groups is 1. The van der Waals surface area contributed by atoms with Crippen LogP contribution < -0.4 is 5.32 Å². The first-order valence-corrected chi connectivity index (χ1v) is 6.26. The minimum atomic E-state index is -0.692. The van der Waals surface area contributed by atoms with E-state index in [9.17, 15) is 14.5 Å². The molecule has 0 radical (unpaired) electrons. The highest BCUT2D eigenvalue weighted by atomic mass is 35.5. The molecular formula is C12H16ClFN2O3. The molecule has 0 spiro atoms. The Morgan fingerprint density at radius 2 is 2.26 bits per heavy atom. The second-order valence-corrected chi connectivity index (χ2v) is 4.53. The first-order chi connectivity index (χ1) is 8.99. The first-order valence-electron chi connectivity index (χ1n) is 5.88. The van der Waals surface area contributed by atoms with Crippen LogP contribution in [0.5, 0.6) is 0 Å².